The van der Waals surface area contributed by atoms with Crippen molar-refractivity contribution in [2.75, 3.05) is 0 Å². The van der Waals surface area contributed by atoms with Gasteiger partial charge < -0.3 is 5.11 Å². The third-order valence-corrected chi connectivity index (χ3v) is 5.64. The molecule has 0 aromatic heterocycles. The van der Waals surface area contributed by atoms with Crippen molar-refractivity contribution in [3.63, 3.8) is 0 Å². The van der Waals surface area contributed by atoms with Crippen molar-refractivity contribution in [3.8, 4) is 33.4 Å². The van der Waals surface area contributed by atoms with Gasteiger partial charge in [0.2, 0.25) is 0 Å². The molecule has 0 aliphatic carbocycles. The molecule has 0 atom stereocenters. The molecule has 0 aliphatic rings. The van der Waals surface area contributed by atoms with Crippen molar-refractivity contribution < 1.29 is 9.90 Å². The number of hydrogen-bond donors (Lipinski definition) is 1. The van der Waals surface area contributed by atoms with Crippen LogP contribution in [0, 0.1) is 0 Å². The summed E-state index contributed by atoms with van der Waals surface area (Å²) in [6.07, 6.45) is 0. The van der Waals surface area contributed by atoms with Gasteiger partial charge >= 0.3 is 5.97 Å². The average molecular weight is 407 g/mol. The summed E-state index contributed by atoms with van der Waals surface area (Å²) in [4.78, 5) is 12.3. The zero-order valence-electron chi connectivity index (χ0n) is 18.1. The molecular formula is C29H26O2. The number of hydrogen-bond acceptors (Lipinski definition) is 1. The van der Waals surface area contributed by atoms with Crippen molar-refractivity contribution in [2.45, 2.75) is 26.2 Å². The monoisotopic (exact) mass is 406 g/mol. The van der Waals surface area contributed by atoms with Gasteiger partial charge in [-0.1, -0.05) is 118 Å². The molecule has 0 amide bonds. The molecule has 154 valence electrons. The molecule has 0 spiro atoms. The molecule has 31 heavy (non-hydrogen) atoms. The number of carboxylic acid groups (broad SMARTS) is 1. The molecule has 1 N–H and O–H groups in total. The maximum Gasteiger partial charge on any atom is 0.336 e. The fourth-order valence-electron chi connectivity index (χ4n) is 3.89. The normalized spacial score (nSPS) is 11.3. The lowest BCUT2D eigenvalue weighted by Crippen LogP contribution is -2.10. The van der Waals surface area contributed by atoms with Gasteiger partial charge in [-0.3, -0.25) is 0 Å². The summed E-state index contributed by atoms with van der Waals surface area (Å²) >= 11 is 0. The second kappa shape index (κ2) is 8.23. The quantitative estimate of drug-likeness (QED) is 0.377. The fraction of sp³-hybridized carbons (Fsp3) is 0.138. The molecule has 0 radical (unpaired) electrons. The first-order valence-corrected chi connectivity index (χ1v) is 10.5. The molecule has 2 heteroatoms. The van der Waals surface area contributed by atoms with Crippen molar-refractivity contribution >= 4 is 5.97 Å². The van der Waals surface area contributed by atoms with E-state index in [-0.39, 0.29) is 5.41 Å². The molecule has 0 fully saturated rings. The first-order chi connectivity index (χ1) is 14.8. The van der Waals surface area contributed by atoms with Gasteiger partial charge in [0.05, 0.1) is 5.56 Å². The van der Waals surface area contributed by atoms with Gasteiger partial charge in [-0.05, 0) is 44.4 Å². The zero-order chi connectivity index (χ0) is 22.0. The van der Waals surface area contributed by atoms with Crippen LogP contribution in [0.2, 0.25) is 0 Å². The van der Waals surface area contributed by atoms with Gasteiger partial charge in [0.1, 0.15) is 0 Å². The predicted molar refractivity (Wildman–Crippen MR) is 128 cm³/mol. The molecule has 4 rings (SSSR count). The van der Waals surface area contributed by atoms with Crippen LogP contribution in [0.3, 0.4) is 0 Å². The van der Waals surface area contributed by atoms with E-state index in [1.54, 1.807) is 0 Å². The molecule has 0 saturated carbocycles. The van der Waals surface area contributed by atoms with Gasteiger partial charge in [0.15, 0.2) is 0 Å². The minimum Gasteiger partial charge on any atom is -0.478 e. The second-order valence-corrected chi connectivity index (χ2v) is 8.80. The Bertz CT molecular complexity index is 1200. The highest BCUT2D eigenvalue weighted by molar-refractivity contribution is 6.03. The molecule has 0 aliphatic heterocycles. The minimum absolute atomic E-state index is 0.0521. The van der Waals surface area contributed by atoms with Crippen LogP contribution < -0.4 is 0 Å². The molecule has 0 saturated heterocycles. The number of benzene rings is 4. The summed E-state index contributed by atoms with van der Waals surface area (Å²) in [6, 6.07) is 32.1. The predicted octanol–water partition coefficient (Wildman–Crippen LogP) is 7.68. The number of rotatable bonds is 4. The van der Waals surface area contributed by atoms with E-state index in [1.165, 1.54) is 5.56 Å². The average Bonchev–Trinajstić information content (AvgIpc) is 2.79. The van der Waals surface area contributed by atoms with Crippen LogP contribution in [-0.4, -0.2) is 11.1 Å². The summed E-state index contributed by atoms with van der Waals surface area (Å²) in [5.41, 5.74) is 7.12. The highest BCUT2D eigenvalue weighted by atomic mass is 16.4. The molecule has 2 nitrogen and oxygen atoms in total. The molecule has 4 aromatic carbocycles. The van der Waals surface area contributed by atoms with Crippen LogP contribution in [0.1, 0.15) is 36.7 Å². The Morgan fingerprint density at radius 3 is 1.52 bits per heavy atom. The van der Waals surface area contributed by atoms with Gasteiger partial charge in [0, 0.05) is 0 Å². The van der Waals surface area contributed by atoms with E-state index in [2.05, 4.69) is 45.0 Å². The summed E-state index contributed by atoms with van der Waals surface area (Å²) in [6.45, 7) is 6.51. The van der Waals surface area contributed by atoms with Gasteiger partial charge in [-0.25, -0.2) is 4.79 Å². The van der Waals surface area contributed by atoms with Crippen LogP contribution in [0.5, 0.6) is 0 Å². The van der Waals surface area contributed by atoms with E-state index in [9.17, 15) is 9.90 Å². The Labute approximate surface area is 183 Å². The van der Waals surface area contributed by atoms with Crippen LogP contribution in [0.15, 0.2) is 97.1 Å². The zero-order valence-corrected chi connectivity index (χ0v) is 18.1. The van der Waals surface area contributed by atoms with E-state index >= 15 is 0 Å². The molecule has 0 bridgehead atoms. The molecule has 0 heterocycles. The Morgan fingerprint density at radius 2 is 1.03 bits per heavy atom. The summed E-state index contributed by atoms with van der Waals surface area (Å²) < 4.78 is 0. The Morgan fingerprint density at radius 1 is 0.581 bits per heavy atom. The van der Waals surface area contributed by atoms with Crippen molar-refractivity contribution in [1.29, 1.82) is 0 Å². The third kappa shape index (κ3) is 4.29. The van der Waals surface area contributed by atoms with Crippen LogP contribution in [0.4, 0.5) is 0 Å². The highest BCUT2D eigenvalue weighted by Gasteiger charge is 2.19. The Hall–Kier alpha value is -3.65. The number of carboxylic acids is 1. The highest BCUT2D eigenvalue weighted by Crippen LogP contribution is 2.34. The molecule has 4 aromatic rings. The summed E-state index contributed by atoms with van der Waals surface area (Å²) in [7, 11) is 0. The summed E-state index contributed by atoms with van der Waals surface area (Å²) in [5, 5.41) is 10.1. The maximum absolute atomic E-state index is 12.3. The van der Waals surface area contributed by atoms with E-state index in [0.717, 1.165) is 33.4 Å². The van der Waals surface area contributed by atoms with Gasteiger partial charge in [-0.2, -0.15) is 0 Å². The lowest BCUT2D eigenvalue weighted by Gasteiger charge is -2.19. The lowest BCUT2D eigenvalue weighted by atomic mass is 9.85. The first-order valence-electron chi connectivity index (χ1n) is 10.5. The second-order valence-electron chi connectivity index (χ2n) is 8.80. The van der Waals surface area contributed by atoms with Crippen molar-refractivity contribution in [1.82, 2.24) is 0 Å². The third-order valence-electron chi connectivity index (χ3n) is 5.64. The van der Waals surface area contributed by atoms with E-state index in [1.807, 2.05) is 72.8 Å². The van der Waals surface area contributed by atoms with E-state index in [0.29, 0.717) is 5.56 Å². The van der Waals surface area contributed by atoms with Crippen LogP contribution in [-0.2, 0) is 5.41 Å². The van der Waals surface area contributed by atoms with E-state index in [4.69, 9.17) is 0 Å². The molecular weight excluding hydrogens is 380 g/mol. The van der Waals surface area contributed by atoms with E-state index < -0.39 is 5.97 Å². The smallest absolute Gasteiger partial charge is 0.336 e. The standard InChI is InChI=1S/C29H26O2/c1-29(2,3)24-18-16-23(17-19-24)26-11-7-10-25(27(26)28(30)31)22-14-12-21(13-15-22)20-8-5-4-6-9-20/h4-19H,1-3H3,(H,30,31). The van der Waals surface area contributed by atoms with Crippen LogP contribution in [0.25, 0.3) is 33.4 Å². The van der Waals surface area contributed by atoms with Gasteiger partial charge in [0.25, 0.3) is 0 Å². The minimum atomic E-state index is -0.919. The Kier molecular flexibility index (Phi) is 5.48. The van der Waals surface area contributed by atoms with Crippen molar-refractivity contribution in [3.05, 3.63) is 108 Å². The SMILES string of the molecule is CC(C)(C)c1ccc(-c2cccc(-c3ccc(-c4ccccc4)cc3)c2C(=O)O)cc1. The number of carbonyl (C=O) groups is 1. The maximum atomic E-state index is 12.3. The van der Waals surface area contributed by atoms with Crippen molar-refractivity contribution in [2.24, 2.45) is 0 Å². The number of aromatic carboxylic acids is 1. The largest absolute Gasteiger partial charge is 0.478 e. The molecule has 0 unspecified atom stereocenters. The first kappa shape index (κ1) is 20.6. The fourth-order valence-corrected chi connectivity index (χ4v) is 3.89. The Balaban J connectivity index is 1.77. The van der Waals surface area contributed by atoms with Gasteiger partial charge in [-0.15, -0.1) is 0 Å². The summed E-state index contributed by atoms with van der Waals surface area (Å²) in [5.74, 6) is -0.919. The van der Waals surface area contributed by atoms with Crippen LogP contribution >= 0.6 is 0 Å². The lowest BCUT2D eigenvalue weighted by molar-refractivity contribution is 0.0698. The topological polar surface area (TPSA) is 37.3 Å².